The molecule has 0 saturated heterocycles. The Labute approximate surface area is 144 Å². The molecule has 1 rings (SSSR count). The van der Waals surface area contributed by atoms with Gasteiger partial charge in [-0.25, -0.2) is 0 Å². The fraction of sp³-hybridized carbons (Fsp3) is 0.824. The van der Waals surface area contributed by atoms with Crippen LogP contribution in [0.4, 0.5) is 0 Å². The molecule has 0 aromatic heterocycles. The third-order valence-corrected chi connectivity index (χ3v) is 4.22. The summed E-state index contributed by atoms with van der Waals surface area (Å²) in [5.74, 6) is -0.148. The second kappa shape index (κ2) is 11.0. The Bertz CT molecular complexity index is 426. The summed E-state index contributed by atoms with van der Waals surface area (Å²) >= 11 is 0. The van der Waals surface area contributed by atoms with Crippen molar-refractivity contribution in [2.45, 2.75) is 51.5 Å². The number of amides is 3. The van der Waals surface area contributed by atoms with Crippen LogP contribution in [0.15, 0.2) is 0 Å². The molecule has 0 aromatic rings. The maximum absolute atomic E-state index is 12.0. The second-order valence-electron chi connectivity index (χ2n) is 6.68. The van der Waals surface area contributed by atoms with E-state index < -0.39 is 0 Å². The molecular formula is C17H32N4O3. The number of likely N-dealkylation sites (N-methyl/N-ethyl adjacent to an activating group) is 1. The lowest BCUT2D eigenvalue weighted by Crippen LogP contribution is -2.42. The SMILES string of the molecule is CCNC(=O)C1CCCC(NC(=O)CCC(=O)NCCN(C)C)C1. The van der Waals surface area contributed by atoms with Crippen LogP contribution in [0.1, 0.15) is 45.4 Å². The van der Waals surface area contributed by atoms with Crippen LogP contribution in [0.5, 0.6) is 0 Å². The van der Waals surface area contributed by atoms with Gasteiger partial charge in [-0.05, 0) is 40.3 Å². The van der Waals surface area contributed by atoms with E-state index in [0.717, 1.165) is 25.8 Å². The Hall–Kier alpha value is -1.63. The fourth-order valence-corrected chi connectivity index (χ4v) is 2.91. The van der Waals surface area contributed by atoms with Crippen LogP contribution in [-0.2, 0) is 14.4 Å². The quantitative estimate of drug-likeness (QED) is 0.561. The molecule has 0 bridgehead atoms. The molecule has 3 N–H and O–H groups in total. The molecule has 0 aromatic carbocycles. The summed E-state index contributed by atoms with van der Waals surface area (Å²) in [5.41, 5.74) is 0. The molecule has 2 unspecified atom stereocenters. The van der Waals surface area contributed by atoms with Crippen molar-refractivity contribution in [3.05, 3.63) is 0 Å². The van der Waals surface area contributed by atoms with Gasteiger partial charge in [0.2, 0.25) is 17.7 Å². The highest BCUT2D eigenvalue weighted by Gasteiger charge is 2.27. The molecule has 0 radical (unpaired) electrons. The molecular weight excluding hydrogens is 308 g/mol. The van der Waals surface area contributed by atoms with Crippen LogP contribution in [0.2, 0.25) is 0 Å². The van der Waals surface area contributed by atoms with Gasteiger partial charge in [-0.1, -0.05) is 6.42 Å². The van der Waals surface area contributed by atoms with Gasteiger partial charge in [0.25, 0.3) is 0 Å². The number of rotatable bonds is 9. The summed E-state index contributed by atoms with van der Waals surface area (Å²) in [6.07, 6.45) is 3.80. The van der Waals surface area contributed by atoms with Gasteiger partial charge in [0.05, 0.1) is 0 Å². The van der Waals surface area contributed by atoms with Crippen LogP contribution in [0, 0.1) is 5.92 Å². The van der Waals surface area contributed by atoms with Crippen molar-refractivity contribution in [2.75, 3.05) is 33.7 Å². The topological polar surface area (TPSA) is 90.5 Å². The van der Waals surface area contributed by atoms with E-state index in [2.05, 4.69) is 16.0 Å². The first kappa shape index (κ1) is 20.4. The normalized spacial score (nSPS) is 20.5. The van der Waals surface area contributed by atoms with Gasteiger partial charge in [-0.3, -0.25) is 14.4 Å². The third-order valence-electron chi connectivity index (χ3n) is 4.22. The second-order valence-corrected chi connectivity index (χ2v) is 6.68. The first-order valence-corrected chi connectivity index (χ1v) is 8.90. The molecule has 1 aliphatic carbocycles. The van der Waals surface area contributed by atoms with E-state index in [0.29, 0.717) is 19.5 Å². The summed E-state index contributed by atoms with van der Waals surface area (Å²) in [6.45, 7) is 3.91. The molecule has 3 amide bonds. The number of carbonyl (C=O) groups excluding carboxylic acids is 3. The summed E-state index contributed by atoms with van der Waals surface area (Å²) in [4.78, 5) is 37.6. The van der Waals surface area contributed by atoms with Crippen LogP contribution >= 0.6 is 0 Å². The number of carbonyl (C=O) groups is 3. The Balaban J connectivity index is 2.24. The molecule has 138 valence electrons. The molecule has 1 fully saturated rings. The average Bonchev–Trinajstić information content (AvgIpc) is 2.53. The minimum atomic E-state index is -0.112. The number of nitrogens with one attached hydrogen (secondary N) is 3. The van der Waals surface area contributed by atoms with Gasteiger partial charge < -0.3 is 20.9 Å². The van der Waals surface area contributed by atoms with Crippen molar-refractivity contribution in [3.8, 4) is 0 Å². The molecule has 1 aliphatic rings. The zero-order valence-electron chi connectivity index (χ0n) is 15.2. The van der Waals surface area contributed by atoms with Crippen molar-refractivity contribution in [1.29, 1.82) is 0 Å². The van der Waals surface area contributed by atoms with Crippen LogP contribution in [-0.4, -0.2) is 62.4 Å². The van der Waals surface area contributed by atoms with Gasteiger partial charge in [0.1, 0.15) is 0 Å². The van der Waals surface area contributed by atoms with Crippen LogP contribution < -0.4 is 16.0 Å². The molecule has 0 aliphatic heterocycles. The highest BCUT2D eigenvalue weighted by molar-refractivity contribution is 5.84. The first-order valence-electron chi connectivity index (χ1n) is 8.90. The average molecular weight is 340 g/mol. The molecule has 0 heterocycles. The van der Waals surface area contributed by atoms with E-state index in [1.165, 1.54) is 0 Å². The summed E-state index contributed by atoms with van der Waals surface area (Å²) in [6, 6.07) is 0.0376. The number of nitrogens with zero attached hydrogens (tertiary/aromatic N) is 1. The lowest BCUT2D eigenvalue weighted by molar-refractivity contribution is -0.128. The number of hydrogen-bond donors (Lipinski definition) is 3. The Morgan fingerprint density at radius 2 is 1.75 bits per heavy atom. The predicted octanol–water partition coefficient (Wildman–Crippen LogP) is 0.256. The smallest absolute Gasteiger partial charge is 0.223 e. The van der Waals surface area contributed by atoms with E-state index >= 15 is 0 Å². The fourth-order valence-electron chi connectivity index (χ4n) is 2.91. The molecule has 1 saturated carbocycles. The van der Waals surface area contributed by atoms with Crippen molar-refractivity contribution < 1.29 is 14.4 Å². The lowest BCUT2D eigenvalue weighted by atomic mass is 9.85. The lowest BCUT2D eigenvalue weighted by Gasteiger charge is -2.29. The van der Waals surface area contributed by atoms with Gasteiger partial charge >= 0.3 is 0 Å². The molecule has 7 heteroatoms. The zero-order chi connectivity index (χ0) is 17.9. The van der Waals surface area contributed by atoms with Gasteiger partial charge in [0.15, 0.2) is 0 Å². The molecule has 24 heavy (non-hydrogen) atoms. The van der Waals surface area contributed by atoms with E-state index in [4.69, 9.17) is 0 Å². The summed E-state index contributed by atoms with van der Waals surface area (Å²) < 4.78 is 0. The van der Waals surface area contributed by atoms with Gasteiger partial charge in [-0.15, -0.1) is 0 Å². The minimum absolute atomic E-state index is 0.0154. The van der Waals surface area contributed by atoms with Gasteiger partial charge in [0, 0.05) is 44.4 Å². The molecule has 0 spiro atoms. The van der Waals surface area contributed by atoms with Crippen molar-refractivity contribution in [3.63, 3.8) is 0 Å². The summed E-state index contributed by atoms with van der Waals surface area (Å²) in [5, 5.41) is 8.61. The van der Waals surface area contributed by atoms with Crippen LogP contribution in [0.3, 0.4) is 0 Å². The van der Waals surface area contributed by atoms with E-state index in [9.17, 15) is 14.4 Å². The zero-order valence-corrected chi connectivity index (χ0v) is 15.2. The Kier molecular flexibility index (Phi) is 9.37. The Morgan fingerprint density at radius 1 is 1.04 bits per heavy atom. The van der Waals surface area contributed by atoms with E-state index in [-0.39, 0.29) is 42.5 Å². The molecule has 7 nitrogen and oxygen atoms in total. The van der Waals surface area contributed by atoms with Gasteiger partial charge in [-0.2, -0.15) is 0 Å². The van der Waals surface area contributed by atoms with Crippen LogP contribution in [0.25, 0.3) is 0 Å². The van der Waals surface area contributed by atoms with E-state index in [1.54, 1.807) is 0 Å². The molecule has 2 atom stereocenters. The standard InChI is InChI=1S/C17H32N4O3/c1-4-18-17(24)13-6-5-7-14(12-13)20-16(23)9-8-15(22)19-10-11-21(2)3/h13-14H,4-12H2,1-3H3,(H,18,24)(H,19,22)(H,20,23). The largest absolute Gasteiger partial charge is 0.356 e. The summed E-state index contributed by atoms with van der Waals surface area (Å²) in [7, 11) is 3.88. The maximum atomic E-state index is 12.0. The third kappa shape index (κ3) is 8.29. The Morgan fingerprint density at radius 3 is 2.42 bits per heavy atom. The first-order chi connectivity index (χ1) is 11.4. The predicted molar refractivity (Wildman–Crippen MR) is 93.4 cm³/mol. The maximum Gasteiger partial charge on any atom is 0.223 e. The van der Waals surface area contributed by atoms with Crippen molar-refractivity contribution in [1.82, 2.24) is 20.9 Å². The monoisotopic (exact) mass is 340 g/mol. The minimum Gasteiger partial charge on any atom is -0.356 e. The highest BCUT2D eigenvalue weighted by atomic mass is 16.2. The highest BCUT2D eigenvalue weighted by Crippen LogP contribution is 2.24. The van der Waals surface area contributed by atoms with E-state index in [1.807, 2.05) is 25.9 Å². The van der Waals surface area contributed by atoms with Crippen molar-refractivity contribution in [2.24, 2.45) is 5.92 Å². The number of hydrogen-bond acceptors (Lipinski definition) is 4. The van der Waals surface area contributed by atoms with Crippen molar-refractivity contribution >= 4 is 17.7 Å².